The van der Waals surface area contributed by atoms with Gasteiger partial charge < -0.3 is 4.74 Å². The molecule has 0 N–H and O–H groups in total. The van der Waals surface area contributed by atoms with Crippen LogP contribution in [0.1, 0.15) is 0 Å². The third-order valence-corrected chi connectivity index (χ3v) is 4.42. The highest BCUT2D eigenvalue weighted by molar-refractivity contribution is 7.08. The minimum Gasteiger partial charge on any atom is -0.497 e. The maximum absolute atomic E-state index is 5.24. The maximum atomic E-state index is 5.24. The lowest BCUT2D eigenvalue weighted by Gasteiger charge is -2.06. The number of hydrogen-bond acceptors (Lipinski definition) is 4. The topological polar surface area (TPSA) is 39.9 Å². The molecule has 0 aliphatic heterocycles. The lowest BCUT2D eigenvalue weighted by Crippen LogP contribution is -1.99. The Balaban J connectivity index is 1.87. The molecule has 24 heavy (non-hydrogen) atoms. The summed E-state index contributed by atoms with van der Waals surface area (Å²) in [5.41, 5.74) is 3.01. The zero-order valence-corrected chi connectivity index (χ0v) is 13.9. The van der Waals surface area contributed by atoms with Crippen molar-refractivity contribution < 1.29 is 4.74 Å². The fraction of sp³-hybridized carbons (Fsp3) is 0.0526. The standard InChI is InChI=1S/C19H15N3OS/c1-23-17-9-7-14(8-10-17)19-20-18(15-11-12-24-13-15)21-22(19)16-5-3-2-4-6-16/h2-13H,1H3. The Bertz CT molecular complexity index is 929. The maximum Gasteiger partial charge on any atom is 0.183 e. The molecule has 2 aromatic heterocycles. The Hall–Kier alpha value is -2.92. The fourth-order valence-corrected chi connectivity index (χ4v) is 3.14. The molecule has 0 fully saturated rings. The summed E-state index contributed by atoms with van der Waals surface area (Å²) in [6.07, 6.45) is 0. The van der Waals surface area contributed by atoms with Gasteiger partial charge in [0.2, 0.25) is 0 Å². The summed E-state index contributed by atoms with van der Waals surface area (Å²) in [5, 5.41) is 8.81. The van der Waals surface area contributed by atoms with Gasteiger partial charge in [0.05, 0.1) is 12.8 Å². The van der Waals surface area contributed by atoms with Crippen molar-refractivity contribution in [2.45, 2.75) is 0 Å². The van der Waals surface area contributed by atoms with E-state index in [1.54, 1.807) is 18.4 Å². The molecule has 4 nitrogen and oxygen atoms in total. The second-order valence-electron chi connectivity index (χ2n) is 5.25. The second kappa shape index (κ2) is 6.29. The third-order valence-electron chi connectivity index (χ3n) is 3.74. The normalized spacial score (nSPS) is 10.7. The summed E-state index contributed by atoms with van der Waals surface area (Å²) in [4.78, 5) is 4.77. The minimum absolute atomic E-state index is 0.728. The smallest absolute Gasteiger partial charge is 0.183 e. The summed E-state index contributed by atoms with van der Waals surface area (Å²) >= 11 is 1.64. The van der Waals surface area contributed by atoms with Crippen LogP contribution in [0.4, 0.5) is 0 Å². The van der Waals surface area contributed by atoms with E-state index < -0.39 is 0 Å². The van der Waals surface area contributed by atoms with Crippen molar-refractivity contribution in [1.29, 1.82) is 0 Å². The molecule has 4 aromatic rings. The van der Waals surface area contributed by atoms with Crippen LogP contribution in [0.25, 0.3) is 28.5 Å². The lowest BCUT2D eigenvalue weighted by molar-refractivity contribution is 0.415. The van der Waals surface area contributed by atoms with Crippen LogP contribution in [0.2, 0.25) is 0 Å². The highest BCUT2D eigenvalue weighted by Crippen LogP contribution is 2.27. The van der Waals surface area contributed by atoms with E-state index in [1.807, 2.05) is 70.7 Å². The highest BCUT2D eigenvalue weighted by Gasteiger charge is 2.15. The van der Waals surface area contributed by atoms with Crippen molar-refractivity contribution >= 4 is 11.3 Å². The number of hydrogen-bond donors (Lipinski definition) is 0. The Morgan fingerprint density at radius 2 is 1.71 bits per heavy atom. The van der Waals surface area contributed by atoms with E-state index in [-0.39, 0.29) is 0 Å². The van der Waals surface area contributed by atoms with Crippen LogP contribution in [0.15, 0.2) is 71.4 Å². The first-order chi connectivity index (χ1) is 11.8. The van der Waals surface area contributed by atoms with Gasteiger partial charge in [-0.25, -0.2) is 9.67 Å². The fourth-order valence-electron chi connectivity index (χ4n) is 2.50. The van der Waals surface area contributed by atoms with E-state index in [2.05, 4.69) is 5.38 Å². The molecule has 2 aromatic carbocycles. The predicted octanol–water partition coefficient (Wildman–Crippen LogP) is 4.67. The van der Waals surface area contributed by atoms with Crippen LogP contribution in [-0.4, -0.2) is 21.9 Å². The molecule has 0 unspecified atom stereocenters. The van der Waals surface area contributed by atoms with Gasteiger partial charge in [-0.1, -0.05) is 18.2 Å². The molecule has 0 aliphatic rings. The molecule has 0 spiro atoms. The largest absolute Gasteiger partial charge is 0.497 e. The lowest BCUT2D eigenvalue weighted by atomic mass is 10.2. The number of nitrogens with zero attached hydrogens (tertiary/aromatic N) is 3. The van der Waals surface area contributed by atoms with Crippen molar-refractivity contribution in [2.75, 3.05) is 7.11 Å². The molecule has 4 rings (SSSR count). The van der Waals surface area contributed by atoms with Crippen LogP contribution in [-0.2, 0) is 0 Å². The Kier molecular flexibility index (Phi) is 3.84. The molecule has 0 aliphatic carbocycles. The van der Waals surface area contributed by atoms with E-state index in [9.17, 15) is 0 Å². The van der Waals surface area contributed by atoms with Crippen LogP contribution in [0.3, 0.4) is 0 Å². The minimum atomic E-state index is 0.728. The van der Waals surface area contributed by atoms with Crippen molar-refractivity contribution in [3.8, 4) is 34.2 Å². The van der Waals surface area contributed by atoms with Crippen LogP contribution >= 0.6 is 11.3 Å². The van der Waals surface area contributed by atoms with Gasteiger partial charge in [0.25, 0.3) is 0 Å². The second-order valence-corrected chi connectivity index (χ2v) is 6.03. The molecule has 0 atom stereocenters. The van der Waals surface area contributed by atoms with Gasteiger partial charge in [-0.05, 0) is 47.8 Å². The molecule has 0 amide bonds. The molecule has 5 heteroatoms. The van der Waals surface area contributed by atoms with E-state index in [0.29, 0.717) is 0 Å². The van der Waals surface area contributed by atoms with E-state index in [0.717, 1.165) is 34.2 Å². The van der Waals surface area contributed by atoms with Gasteiger partial charge in [0.15, 0.2) is 11.6 Å². The molecule has 0 radical (unpaired) electrons. The number of aromatic nitrogens is 3. The van der Waals surface area contributed by atoms with Gasteiger partial charge in [-0.3, -0.25) is 0 Å². The van der Waals surface area contributed by atoms with Crippen LogP contribution in [0, 0.1) is 0 Å². The number of ether oxygens (including phenoxy) is 1. The summed E-state index contributed by atoms with van der Waals surface area (Å²) in [6, 6.07) is 19.9. The number of para-hydroxylation sites is 1. The Morgan fingerprint density at radius 3 is 2.38 bits per heavy atom. The molecular formula is C19H15N3OS. The van der Waals surface area contributed by atoms with Crippen molar-refractivity contribution in [2.24, 2.45) is 0 Å². The number of rotatable bonds is 4. The molecule has 2 heterocycles. The number of methoxy groups -OCH3 is 1. The molecular weight excluding hydrogens is 318 g/mol. The average Bonchev–Trinajstić information content (AvgIpc) is 3.32. The number of thiophene rings is 1. The summed E-state index contributed by atoms with van der Waals surface area (Å²) in [5.74, 6) is 2.36. The first kappa shape index (κ1) is 14.7. The Morgan fingerprint density at radius 1 is 0.917 bits per heavy atom. The predicted molar refractivity (Wildman–Crippen MR) is 96.7 cm³/mol. The van der Waals surface area contributed by atoms with E-state index in [4.69, 9.17) is 14.8 Å². The van der Waals surface area contributed by atoms with Gasteiger partial charge in [-0.2, -0.15) is 11.3 Å². The van der Waals surface area contributed by atoms with Crippen molar-refractivity contribution in [1.82, 2.24) is 14.8 Å². The summed E-state index contributed by atoms with van der Waals surface area (Å²) < 4.78 is 7.13. The average molecular weight is 333 g/mol. The van der Waals surface area contributed by atoms with Gasteiger partial charge in [-0.15, -0.1) is 5.10 Å². The van der Waals surface area contributed by atoms with Crippen LogP contribution < -0.4 is 4.74 Å². The van der Waals surface area contributed by atoms with E-state index >= 15 is 0 Å². The van der Waals surface area contributed by atoms with Gasteiger partial charge in [0, 0.05) is 16.5 Å². The molecule has 0 bridgehead atoms. The molecule has 0 saturated heterocycles. The quantitative estimate of drug-likeness (QED) is 0.545. The monoisotopic (exact) mass is 333 g/mol. The summed E-state index contributed by atoms with van der Waals surface area (Å²) in [6.45, 7) is 0. The molecule has 118 valence electrons. The van der Waals surface area contributed by atoms with Crippen molar-refractivity contribution in [3.05, 3.63) is 71.4 Å². The van der Waals surface area contributed by atoms with Crippen molar-refractivity contribution in [3.63, 3.8) is 0 Å². The Labute approximate surface area is 144 Å². The van der Waals surface area contributed by atoms with Crippen LogP contribution in [0.5, 0.6) is 5.75 Å². The summed E-state index contributed by atoms with van der Waals surface area (Å²) in [7, 11) is 1.66. The third kappa shape index (κ3) is 2.70. The molecule has 0 saturated carbocycles. The van der Waals surface area contributed by atoms with Gasteiger partial charge >= 0.3 is 0 Å². The van der Waals surface area contributed by atoms with E-state index in [1.165, 1.54) is 0 Å². The SMILES string of the molecule is COc1ccc(-c2nc(-c3ccsc3)nn2-c2ccccc2)cc1. The highest BCUT2D eigenvalue weighted by atomic mass is 32.1. The zero-order chi connectivity index (χ0) is 16.4. The zero-order valence-electron chi connectivity index (χ0n) is 13.1. The van der Waals surface area contributed by atoms with Gasteiger partial charge in [0.1, 0.15) is 5.75 Å². The first-order valence-corrected chi connectivity index (χ1v) is 8.49. The first-order valence-electron chi connectivity index (χ1n) is 7.54. The number of benzene rings is 2.